The Labute approximate surface area is 95.4 Å². The second-order valence-electron chi connectivity index (χ2n) is 4.11. The molecule has 82 valence electrons. The maximum atomic E-state index is 5.73. The summed E-state index contributed by atoms with van der Waals surface area (Å²) < 4.78 is 0. The minimum atomic E-state index is 0.356. The van der Waals surface area contributed by atoms with Gasteiger partial charge in [-0.15, -0.1) is 0 Å². The quantitative estimate of drug-likeness (QED) is 0.780. The van der Waals surface area contributed by atoms with Crippen LogP contribution in [0.4, 0.5) is 5.69 Å². The minimum Gasteiger partial charge on any atom is -0.399 e. The predicted molar refractivity (Wildman–Crippen MR) is 66.0 cm³/mol. The number of rotatable bonds is 2. The number of nitrogens with zero attached hydrogens (tertiary/aromatic N) is 2. The molecule has 3 nitrogen and oxygen atoms in total. The third-order valence-corrected chi connectivity index (χ3v) is 2.41. The van der Waals surface area contributed by atoms with Gasteiger partial charge in [-0.3, -0.25) is 0 Å². The van der Waals surface area contributed by atoms with E-state index in [2.05, 4.69) is 23.8 Å². The van der Waals surface area contributed by atoms with Crippen LogP contribution in [0, 0.1) is 0 Å². The number of hydrogen-bond donors (Lipinski definition) is 1. The lowest BCUT2D eigenvalue weighted by Crippen LogP contribution is -1.96. The molecule has 0 saturated carbocycles. The van der Waals surface area contributed by atoms with Crippen LogP contribution in [0.1, 0.15) is 25.6 Å². The smallest absolute Gasteiger partial charge is 0.130 e. The average molecular weight is 213 g/mol. The summed E-state index contributed by atoms with van der Waals surface area (Å²) in [5, 5.41) is 0. The van der Waals surface area contributed by atoms with Gasteiger partial charge in [0.25, 0.3) is 0 Å². The SMILES string of the molecule is CC(C)c1ncc(-c2cccc(N)c2)cn1. The van der Waals surface area contributed by atoms with Crippen LogP contribution in [-0.2, 0) is 0 Å². The Bertz CT molecular complexity index is 475. The van der Waals surface area contributed by atoms with Crippen molar-refractivity contribution in [3.8, 4) is 11.1 Å². The molecule has 2 aromatic rings. The lowest BCUT2D eigenvalue weighted by molar-refractivity contribution is 0.775. The zero-order valence-electron chi connectivity index (χ0n) is 9.51. The summed E-state index contributed by atoms with van der Waals surface area (Å²) in [7, 11) is 0. The summed E-state index contributed by atoms with van der Waals surface area (Å²) in [6.45, 7) is 4.16. The maximum absolute atomic E-state index is 5.73. The van der Waals surface area contributed by atoms with Crippen molar-refractivity contribution < 1.29 is 0 Å². The van der Waals surface area contributed by atoms with Crippen LogP contribution in [0.15, 0.2) is 36.7 Å². The first-order valence-electron chi connectivity index (χ1n) is 5.34. The third-order valence-electron chi connectivity index (χ3n) is 2.41. The second-order valence-corrected chi connectivity index (χ2v) is 4.11. The monoisotopic (exact) mass is 213 g/mol. The van der Waals surface area contributed by atoms with Crippen molar-refractivity contribution >= 4 is 5.69 Å². The summed E-state index contributed by atoms with van der Waals surface area (Å²) in [5.74, 6) is 1.22. The molecule has 0 bridgehead atoms. The van der Waals surface area contributed by atoms with Crippen LogP contribution >= 0.6 is 0 Å². The molecule has 1 aromatic heterocycles. The van der Waals surface area contributed by atoms with Crippen molar-refractivity contribution in [2.24, 2.45) is 0 Å². The van der Waals surface area contributed by atoms with E-state index in [-0.39, 0.29) is 0 Å². The average Bonchev–Trinajstić information content (AvgIpc) is 2.29. The maximum Gasteiger partial charge on any atom is 0.130 e. The van der Waals surface area contributed by atoms with Crippen LogP contribution in [0.2, 0.25) is 0 Å². The fourth-order valence-corrected chi connectivity index (χ4v) is 1.50. The van der Waals surface area contributed by atoms with Crippen LogP contribution in [0.5, 0.6) is 0 Å². The molecule has 0 aliphatic heterocycles. The fourth-order valence-electron chi connectivity index (χ4n) is 1.50. The Morgan fingerprint density at radius 3 is 2.31 bits per heavy atom. The molecule has 0 radical (unpaired) electrons. The largest absolute Gasteiger partial charge is 0.399 e. The number of anilines is 1. The van der Waals surface area contributed by atoms with Crippen molar-refractivity contribution in [1.82, 2.24) is 9.97 Å². The number of nitrogens with two attached hydrogens (primary N) is 1. The first kappa shape index (κ1) is 10.6. The van der Waals surface area contributed by atoms with Gasteiger partial charge in [0.05, 0.1) is 0 Å². The Morgan fingerprint density at radius 1 is 1.06 bits per heavy atom. The molecular weight excluding hydrogens is 198 g/mol. The van der Waals surface area contributed by atoms with Crippen molar-refractivity contribution in [3.63, 3.8) is 0 Å². The lowest BCUT2D eigenvalue weighted by atomic mass is 10.1. The van der Waals surface area contributed by atoms with E-state index in [1.54, 1.807) is 0 Å². The summed E-state index contributed by atoms with van der Waals surface area (Å²) >= 11 is 0. The highest BCUT2D eigenvalue weighted by atomic mass is 14.9. The summed E-state index contributed by atoms with van der Waals surface area (Å²) in [6, 6.07) is 7.73. The van der Waals surface area contributed by atoms with E-state index in [0.717, 1.165) is 22.6 Å². The highest BCUT2D eigenvalue weighted by Gasteiger charge is 2.03. The molecular formula is C13H15N3. The summed E-state index contributed by atoms with van der Waals surface area (Å²) in [6.07, 6.45) is 3.69. The van der Waals surface area contributed by atoms with E-state index in [1.807, 2.05) is 36.7 Å². The second kappa shape index (κ2) is 4.31. The van der Waals surface area contributed by atoms with Gasteiger partial charge in [-0.05, 0) is 17.7 Å². The zero-order chi connectivity index (χ0) is 11.5. The Morgan fingerprint density at radius 2 is 1.75 bits per heavy atom. The zero-order valence-corrected chi connectivity index (χ0v) is 9.51. The molecule has 1 aromatic carbocycles. The molecule has 1 heterocycles. The van der Waals surface area contributed by atoms with Crippen molar-refractivity contribution in [1.29, 1.82) is 0 Å². The summed E-state index contributed by atoms with van der Waals surface area (Å²) in [5.41, 5.74) is 8.54. The minimum absolute atomic E-state index is 0.356. The first-order valence-corrected chi connectivity index (χ1v) is 5.34. The van der Waals surface area contributed by atoms with E-state index in [4.69, 9.17) is 5.73 Å². The first-order chi connectivity index (χ1) is 7.66. The number of nitrogen functional groups attached to an aromatic ring is 1. The van der Waals surface area contributed by atoms with Gasteiger partial charge < -0.3 is 5.73 Å². The van der Waals surface area contributed by atoms with E-state index >= 15 is 0 Å². The molecule has 0 atom stereocenters. The van der Waals surface area contributed by atoms with Gasteiger partial charge in [-0.2, -0.15) is 0 Å². The van der Waals surface area contributed by atoms with Gasteiger partial charge in [0.2, 0.25) is 0 Å². The van der Waals surface area contributed by atoms with Crippen molar-refractivity contribution in [2.75, 3.05) is 5.73 Å². The van der Waals surface area contributed by atoms with Gasteiger partial charge >= 0.3 is 0 Å². The molecule has 0 fully saturated rings. The highest BCUT2D eigenvalue weighted by Crippen LogP contribution is 2.20. The van der Waals surface area contributed by atoms with Gasteiger partial charge in [-0.1, -0.05) is 26.0 Å². The van der Waals surface area contributed by atoms with Crippen LogP contribution < -0.4 is 5.73 Å². The normalized spacial score (nSPS) is 10.7. The van der Waals surface area contributed by atoms with Gasteiger partial charge in [0, 0.05) is 29.6 Å². The third kappa shape index (κ3) is 2.19. The molecule has 0 saturated heterocycles. The van der Waals surface area contributed by atoms with E-state index in [1.165, 1.54) is 0 Å². The van der Waals surface area contributed by atoms with Crippen LogP contribution in [-0.4, -0.2) is 9.97 Å². The molecule has 0 unspecified atom stereocenters. The van der Waals surface area contributed by atoms with Crippen LogP contribution in [0.3, 0.4) is 0 Å². The number of benzene rings is 1. The molecule has 0 aliphatic carbocycles. The topological polar surface area (TPSA) is 51.8 Å². The van der Waals surface area contributed by atoms with E-state index in [9.17, 15) is 0 Å². The molecule has 0 amide bonds. The fraction of sp³-hybridized carbons (Fsp3) is 0.231. The predicted octanol–water partition coefficient (Wildman–Crippen LogP) is 2.85. The molecule has 0 aliphatic rings. The summed E-state index contributed by atoms with van der Waals surface area (Å²) in [4.78, 5) is 8.66. The van der Waals surface area contributed by atoms with Crippen molar-refractivity contribution in [2.45, 2.75) is 19.8 Å². The molecule has 3 heteroatoms. The van der Waals surface area contributed by atoms with Gasteiger partial charge in [0.1, 0.15) is 5.82 Å². The Hall–Kier alpha value is -1.90. The molecule has 2 rings (SSSR count). The Balaban J connectivity index is 2.35. The molecule has 2 N–H and O–H groups in total. The standard InChI is InChI=1S/C13H15N3/c1-9(2)13-15-7-11(8-16-13)10-4-3-5-12(14)6-10/h3-9H,14H2,1-2H3. The molecule has 16 heavy (non-hydrogen) atoms. The Kier molecular flexibility index (Phi) is 2.86. The highest BCUT2D eigenvalue weighted by molar-refractivity contribution is 5.65. The van der Waals surface area contributed by atoms with Crippen molar-refractivity contribution in [3.05, 3.63) is 42.5 Å². The van der Waals surface area contributed by atoms with E-state index < -0.39 is 0 Å². The van der Waals surface area contributed by atoms with Gasteiger partial charge in [0.15, 0.2) is 0 Å². The van der Waals surface area contributed by atoms with Crippen LogP contribution in [0.25, 0.3) is 11.1 Å². The number of hydrogen-bond acceptors (Lipinski definition) is 3. The lowest BCUT2D eigenvalue weighted by Gasteiger charge is -2.05. The molecule has 0 spiro atoms. The number of aromatic nitrogens is 2. The van der Waals surface area contributed by atoms with Gasteiger partial charge in [-0.25, -0.2) is 9.97 Å². The van der Waals surface area contributed by atoms with E-state index in [0.29, 0.717) is 5.92 Å².